The van der Waals surface area contributed by atoms with Crippen molar-refractivity contribution in [3.8, 4) is 0 Å². The molecule has 1 aromatic carbocycles. The highest BCUT2D eigenvalue weighted by atomic mass is 19.3. The predicted molar refractivity (Wildman–Crippen MR) is 112 cm³/mol. The zero-order chi connectivity index (χ0) is 21.8. The highest BCUT2D eigenvalue weighted by Gasteiger charge is 2.49. The molecule has 2 unspecified atom stereocenters. The molecule has 2 saturated carbocycles. The Morgan fingerprint density at radius 2 is 1.63 bits per heavy atom. The predicted octanol–water partition coefficient (Wildman–Crippen LogP) is 8.12. The van der Waals surface area contributed by atoms with Gasteiger partial charge in [0.15, 0.2) is 0 Å². The van der Waals surface area contributed by atoms with Gasteiger partial charge in [-0.3, -0.25) is 0 Å². The summed E-state index contributed by atoms with van der Waals surface area (Å²) in [4.78, 5) is 0. The first-order chi connectivity index (χ1) is 14.2. The number of halogens is 4. The Hall–Kier alpha value is -1.10. The molecule has 170 valence electrons. The summed E-state index contributed by atoms with van der Waals surface area (Å²) in [5.41, 5.74) is 0.860. The van der Waals surface area contributed by atoms with Gasteiger partial charge in [-0.2, -0.15) is 8.78 Å². The number of aryl methyl sites for hydroxylation is 1. The minimum atomic E-state index is -3.34. The summed E-state index contributed by atoms with van der Waals surface area (Å²) in [5.74, 6) is -3.17. The van der Waals surface area contributed by atoms with Crippen LogP contribution in [0.4, 0.5) is 17.6 Å². The fourth-order valence-electron chi connectivity index (χ4n) is 5.41. The van der Waals surface area contributed by atoms with Gasteiger partial charge in [-0.25, -0.2) is 8.78 Å². The van der Waals surface area contributed by atoms with Crippen LogP contribution in [0.25, 0.3) is 0 Å². The Kier molecular flexibility index (Phi) is 7.86. The monoisotopic (exact) mass is 428 g/mol. The van der Waals surface area contributed by atoms with Crippen LogP contribution in [0.3, 0.4) is 0 Å². The van der Waals surface area contributed by atoms with E-state index < -0.39 is 24.1 Å². The fraction of sp³-hybridized carbons (Fsp3) is 0.760. The summed E-state index contributed by atoms with van der Waals surface area (Å²) in [6.45, 7) is 4.07. The van der Waals surface area contributed by atoms with Crippen molar-refractivity contribution < 1.29 is 22.3 Å². The molecule has 0 saturated heterocycles. The molecule has 30 heavy (non-hydrogen) atoms. The summed E-state index contributed by atoms with van der Waals surface area (Å²) < 4.78 is 63.9. The van der Waals surface area contributed by atoms with Gasteiger partial charge >= 0.3 is 6.11 Å². The lowest BCUT2D eigenvalue weighted by Gasteiger charge is -2.42. The van der Waals surface area contributed by atoms with E-state index in [4.69, 9.17) is 4.74 Å². The van der Waals surface area contributed by atoms with E-state index in [1.54, 1.807) is 12.1 Å². The molecular weight excluding hydrogens is 392 g/mol. The number of rotatable bonds is 8. The van der Waals surface area contributed by atoms with Crippen molar-refractivity contribution in [3.63, 3.8) is 0 Å². The maximum Gasteiger partial charge on any atom is 0.383 e. The van der Waals surface area contributed by atoms with Gasteiger partial charge in [-0.05, 0) is 62.3 Å². The minimum absolute atomic E-state index is 0.0000777. The first-order valence-corrected chi connectivity index (χ1v) is 11.8. The van der Waals surface area contributed by atoms with E-state index >= 15 is 0 Å². The lowest BCUT2D eigenvalue weighted by Crippen LogP contribution is -2.42. The highest BCUT2D eigenvalue weighted by Crippen LogP contribution is 2.50. The van der Waals surface area contributed by atoms with Crippen LogP contribution in [0.15, 0.2) is 24.3 Å². The Balaban J connectivity index is 1.51. The average Bonchev–Trinajstić information content (AvgIpc) is 2.72. The van der Waals surface area contributed by atoms with Gasteiger partial charge in [0.25, 0.3) is 5.92 Å². The van der Waals surface area contributed by atoms with Crippen molar-refractivity contribution in [2.24, 2.45) is 17.8 Å². The van der Waals surface area contributed by atoms with Gasteiger partial charge in [0.1, 0.15) is 0 Å². The van der Waals surface area contributed by atoms with Gasteiger partial charge in [0.2, 0.25) is 0 Å². The molecule has 3 rings (SSSR count). The number of hydrogen-bond acceptors (Lipinski definition) is 1. The molecule has 2 aliphatic carbocycles. The lowest BCUT2D eigenvalue weighted by molar-refractivity contribution is -0.279. The molecule has 1 aromatic rings. The summed E-state index contributed by atoms with van der Waals surface area (Å²) in [5, 5.41) is 0. The lowest BCUT2D eigenvalue weighted by atomic mass is 9.68. The van der Waals surface area contributed by atoms with Gasteiger partial charge in [0.05, 0.1) is 11.7 Å². The van der Waals surface area contributed by atoms with Crippen LogP contribution in [0.5, 0.6) is 0 Å². The van der Waals surface area contributed by atoms with E-state index in [0.29, 0.717) is 32.1 Å². The summed E-state index contributed by atoms with van der Waals surface area (Å²) >= 11 is 0. The van der Waals surface area contributed by atoms with Gasteiger partial charge in [0, 0.05) is 12.3 Å². The number of hydrogen-bond donors (Lipinski definition) is 0. The zero-order valence-corrected chi connectivity index (χ0v) is 18.3. The first kappa shape index (κ1) is 23.6. The molecule has 0 radical (unpaired) electrons. The molecule has 2 atom stereocenters. The van der Waals surface area contributed by atoms with Crippen molar-refractivity contribution >= 4 is 0 Å². The van der Waals surface area contributed by atoms with E-state index in [1.165, 1.54) is 12.1 Å². The molecule has 1 nitrogen and oxygen atoms in total. The van der Waals surface area contributed by atoms with Gasteiger partial charge < -0.3 is 4.74 Å². The number of ether oxygens (including phenoxy) is 1. The molecule has 0 heterocycles. The summed E-state index contributed by atoms with van der Waals surface area (Å²) in [6.07, 6.45) is 3.24. The molecule has 0 aliphatic heterocycles. The third-order valence-electron chi connectivity index (χ3n) is 7.26. The second-order valence-electron chi connectivity index (χ2n) is 9.38. The van der Waals surface area contributed by atoms with Crippen molar-refractivity contribution in [1.29, 1.82) is 0 Å². The van der Waals surface area contributed by atoms with Crippen LogP contribution in [-0.2, 0) is 17.3 Å². The van der Waals surface area contributed by atoms with E-state index in [-0.39, 0.29) is 23.8 Å². The van der Waals surface area contributed by atoms with Crippen molar-refractivity contribution in [2.45, 2.75) is 103 Å². The largest absolute Gasteiger partial charge is 0.383 e. The zero-order valence-electron chi connectivity index (χ0n) is 18.3. The summed E-state index contributed by atoms with van der Waals surface area (Å²) in [6, 6.07) is 6.23. The van der Waals surface area contributed by atoms with Crippen LogP contribution < -0.4 is 0 Å². The molecule has 0 amide bonds. The number of alkyl halides is 4. The molecule has 5 heteroatoms. The van der Waals surface area contributed by atoms with Crippen LogP contribution in [0.1, 0.15) is 89.2 Å². The maximum atomic E-state index is 14.8. The number of unbranched alkanes of at least 4 members (excludes halogenated alkanes) is 1. The van der Waals surface area contributed by atoms with Crippen LogP contribution in [0, 0.1) is 17.8 Å². The van der Waals surface area contributed by atoms with Crippen molar-refractivity contribution in [2.75, 3.05) is 0 Å². The first-order valence-electron chi connectivity index (χ1n) is 11.8. The molecule has 0 aromatic heterocycles. The smallest absolute Gasteiger partial charge is 0.313 e. The summed E-state index contributed by atoms with van der Waals surface area (Å²) in [7, 11) is 0. The highest BCUT2D eigenvalue weighted by molar-refractivity contribution is 5.24. The molecule has 0 N–H and O–H groups in total. The molecule has 0 bridgehead atoms. The minimum Gasteiger partial charge on any atom is -0.313 e. The fourth-order valence-corrected chi connectivity index (χ4v) is 5.41. The number of benzene rings is 1. The van der Waals surface area contributed by atoms with E-state index in [9.17, 15) is 17.6 Å². The molecular formula is C25H36F4O. The normalized spacial score (nSPS) is 29.7. The molecule has 0 spiro atoms. The SMILES string of the molecule is CCCCC1CCC(C2CCC(OC(F)(F)c3ccc(CC)cc3)CC2)C(F)(F)C1. The molecule has 2 fully saturated rings. The van der Waals surface area contributed by atoms with Crippen molar-refractivity contribution in [1.82, 2.24) is 0 Å². The molecule has 2 aliphatic rings. The Morgan fingerprint density at radius 3 is 2.20 bits per heavy atom. The Bertz CT molecular complexity index is 650. The van der Waals surface area contributed by atoms with Gasteiger partial charge in [-0.1, -0.05) is 57.4 Å². The van der Waals surface area contributed by atoms with Crippen LogP contribution >= 0.6 is 0 Å². The Morgan fingerprint density at radius 1 is 0.967 bits per heavy atom. The van der Waals surface area contributed by atoms with Crippen molar-refractivity contribution in [3.05, 3.63) is 35.4 Å². The standard InChI is InChI=1S/C25H36F4O/c1-3-5-6-19-9-16-23(24(26,27)17-19)20-10-14-22(15-11-20)30-25(28,29)21-12-7-18(4-2)8-13-21/h7-8,12-13,19-20,22-23H,3-6,9-11,14-17H2,1-2H3. The average molecular weight is 429 g/mol. The van der Waals surface area contributed by atoms with E-state index in [0.717, 1.165) is 37.7 Å². The van der Waals surface area contributed by atoms with E-state index in [2.05, 4.69) is 6.92 Å². The topological polar surface area (TPSA) is 9.23 Å². The van der Waals surface area contributed by atoms with Crippen LogP contribution in [0.2, 0.25) is 0 Å². The Labute approximate surface area is 178 Å². The quantitative estimate of drug-likeness (QED) is 0.380. The van der Waals surface area contributed by atoms with Gasteiger partial charge in [-0.15, -0.1) is 0 Å². The van der Waals surface area contributed by atoms with Crippen LogP contribution in [-0.4, -0.2) is 12.0 Å². The van der Waals surface area contributed by atoms with E-state index in [1.807, 2.05) is 6.92 Å². The second kappa shape index (κ2) is 10.0. The second-order valence-corrected chi connectivity index (χ2v) is 9.38. The third kappa shape index (κ3) is 5.77. The maximum absolute atomic E-state index is 14.8. The third-order valence-corrected chi connectivity index (χ3v) is 7.26.